The smallest absolute Gasteiger partial charge is 0.251 e. The lowest BCUT2D eigenvalue weighted by Crippen LogP contribution is -2.50. The SMILES string of the molecule is CNc1cc(C(=O)NC2(C)CCOC2C)cc(C(C)C)n1. The Morgan fingerprint density at radius 2 is 2.19 bits per heavy atom. The molecule has 0 aliphatic carbocycles. The Bertz CT molecular complexity index is 530. The van der Waals surface area contributed by atoms with Crippen molar-refractivity contribution in [2.75, 3.05) is 19.0 Å². The van der Waals surface area contributed by atoms with Gasteiger partial charge in [0.05, 0.1) is 11.6 Å². The van der Waals surface area contributed by atoms with Gasteiger partial charge in [0.2, 0.25) is 0 Å². The Morgan fingerprint density at radius 3 is 2.71 bits per heavy atom. The van der Waals surface area contributed by atoms with E-state index in [-0.39, 0.29) is 23.5 Å². The zero-order valence-electron chi connectivity index (χ0n) is 13.5. The van der Waals surface area contributed by atoms with Crippen LogP contribution in [0.4, 0.5) is 5.82 Å². The first kappa shape index (κ1) is 15.8. The molecular weight excluding hydrogens is 266 g/mol. The number of hydrogen-bond donors (Lipinski definition) is 2. The number of nitrogens with zero attached hydrogens (tertiary/aromatic N) is 1. The van der Waals surface area contributed by atoms with Crippen molar-refractivity contribution < 1.29 is 9.53 Å². The summed E-state index contributed by atoms with van der Waals surface area (Å²) in [6, 6.07) is 3.65. The Kier molecular flexibility index (Phi) is 4.52. The van der Waals surface area contributed by atoms with Crippen LogP contribution < -0.4 is 10.6 Å². The Hall–Kier alpha value is -1.62. The first-order chi connectivity index (χ1) is 9.85. The van der Waals surface area contributed by atoms with E-state index in [9.17, 15) is 4.79 Å². The monoisotopic (exact) mass is 291 g/mol. The third-order valence-corrected chi connectivity index (χ3v) is 4.24. The lowest BCUT2D eigenvalue weighted by atomic mass is 9.94. The van der Waals surface area contributed by atoms with Crippen molar-refractivity contribution in [3.05, 3.63) is 23.4 Å². The second-order valence-corrected chi connectivity index (χ2v) is 6.21. The number of anilines is 1. The largest absolute Gasteiger partial charge is 0.376 e. The third kappa shape index (κ3) is 3.35. The topological polar surface area (TPSA) is 63.2 Å². The maximum atomic E-state index is 12.6. The van der Waals surface area contributed by atoms with E-state index in [0.717, 1.165) is 12.1 Å². The fourth-order valence-electron chi connectivity index (χ4n) is 2.44. The molecule has 5 nitrogen and oxygen atoms in total. The van der Waals surface area contributed by atoms with Gasteiger partial charge in [0, 0.05) is 24.9 Å². The minimum Gasteiger partial charge on any atom is -0.376 e. The molecule has 0 radical (unpaired) electrons. The van der Waals surface area contributed by atoms with Crippen molar-refractivity contribution >= 4 is 11.7 Å². The van der Waals surface area contributed by atoms with Crippen LogP contribution in [-0.2, 0) is 4.74 Å². The van der Waals surface area contributed by atoms with Gasteiger partial charge in [0.25, 0.3) is 5.91 Å². The first-order valence-corrected chi connectivity index (χ1v) is 7.49. The molecule has 0 spiro atoms. The highest BCUT2D eigenvalue weighted by atomic mass is 16.5. The normalized spacial score (nSPS) is 25.1. The number of amides is 1. The van der Waals surface area contributed by atoms with Crippen LogP contribution in [0.15, 0.2) is 12.1 Å². The van der Waals surface area contributed by atoms with Crippen LogP contribution in [0.1, 0.15) is 56.1 Å². The van der Waals surface area contributed by atoms with Crippen molar-refractivity contribution in [1.29, 1.82) is 0 Å². The van der Waals surface area contributed by atoms with Crippen molar-refractivity contribution in [1.82, 2.24) is 10.3 Å². The van der Waals surface area contributed by atoms with Gasteiger partial charge in [-0.2, -0.15) is 0 Å². The number of rotatable bonds is 4. The Labute approximate surface area is 126 Å². The number of ether oxygens (including phenoxy) is 1. The predicted octanol–water partition coefficient (Wildman–Crippen LogP) is 2.54. The average Bonchev–Trinajstić information content (AvgIpc) is 2.77. The molecule has 1 fully saturated rings. The minimum atomic E-state index is -0.307. The Morgan fingerprint density at radius 1 is 1.48 bits per heavy atom. The van der Waals surface area contributed by atoms with Crippen molar-refractivity contribution in [3.63, 3.8) is 0 Å². The van der Waals surface area contributed by atoms with Crippen LogP contribution in [0.5, 0.6) is 0 Å². The second kappa shape index (κ2) is 6.02. The molecule has 2 atom stereocenters. The van der Waals surface area contributed by atoms with Gasteiger partial charge in [0.1, 0.15) is 5.82 Å². The summed E-state index contributed by atoms with van der Waals surface area (Å²) in [7, 11) is 1.81. The summed E-state index contributed by atoms with van der Waals surface area (Å²) < 4.78 is 5.57. The first-order valence-electron chi connectivity index (χ1n) is 7.49. The minimum absolute atomic E-state index is 0.0247. The van der Waals surface area contributed by atoms with Crippen molar-refractivity contribution in [2.24, 2.45) is 0 Å². The van der Waals surface area contributed by atoms with Gasteiger partial charge in [-0.25, -0.2) is 4.98 Å². The summed E-state index contributed by atoms with van der Waals surface area (Å²) in [4.78, 5) is 17.1. The fourth-order valence-corrected chi connectivity index (χ4v) is 2.44. The van der Waals surface area contributed by atoms with E-state index >= 15 is 0 Å². The maximum Gasteiger partial charge on any atom is 0.251 e. The van der Waals surface area contributed by atoms with Crippen LogP contribution in [-0.4, -0.2) is 36.2 Å². The standard InChI is InChI=1S/C16H25N3O2/c1-10(2)13-8-12(9-14(17-5)18-13)15(20)19-16(4)6-7-21-11(16)3/h8-11H,6-7H2,1-5H3,(H,17,18)(H,19,20). The van der Waals surface area contributed by atoms with Gasteiger partial charge in [0.15, 0.2) is 0 Å². The van der Waals surface area contributed by atoms with Crippen LogP contribution in [0, 0.1) is 0 Å². The molecule has 1 aromatic heterocycles. The molecule has 1 aliphatic rings. The summed E-state index contributed by atoms with van der Waals surface area (Å²) >= 11 is 0. The number of hydrogen-bond acceptors (Lipinski definition) is 4. The van der Waals surface area contributed by atoms with E-state index in [1.54, 1.807) is 6.07 Å². The van der Waals surface area contributed by atoms with E-state index in [2.05, 4.69) is 29.5 Å². The molecule has 116 valence electrons. The molecule has 0 aromatic carbocycles. The predicted molar refractivity (Wildman–Crippen MR) is 83.8 cm³/mol. The van der Waals surface area contributed by atoms with E-state index in [1.807, 2.05) is 27.0 Å². The molecule has 1 aromatic rings. The summed E-state index contributed by atoms with van der Waals surface area (Å²) in [5.74, 6) is 0.914. The third-order valence-electron chi connectivity index (χ3n) is 4.24. The van der Waals surface area contributed by atoms with Crippen LogP contribution in [0.3, 0.4) is 0 Å². The lowest BCUT2D eigenvalue weighted by Gasteiger charge is -2.29. The van der Waals surface area contributed by atoms with Gasteiger partial charge < -0.3 is 15.4 Å². The van der Waals surface area contributed by atoms with E-state index in [0.29, 0.717) is 18.0 Å². The highest BCUT2D eigenvalue weighted by Crippen LogP contribution is 2.26. The molecular formula is C16H25N3O2. The number of carbonyl (C=O) groups excluding carboxylic acids is 1. The fraction of sp³-hybridized carbons (Fsp3) is 0.625. The van der Waals surface area contributed by atoms with Crippen LogP contribution >= 0.6 is 0 Å². The van der Waals surface area contributed by atoms with Crippen LogP contribution in [0.2, 0.25) is 0 Å². The molecule has 2 N–H and O–H groups in total. The zero-order valence-corrected chi connectivity index (χ0v) is 13.5. The summed E-state index contributed by atoms with van der Waals surface area (Å²) in [6.45, 7) is 8.85. The van der Waals surface area contributed by atoms with Gasteiger partial charge in [-0.3, -0.25) is 4.79 Å². The molecule has 0 saturated carbocycles. The van der Waals surface area contributed by atoms with Gasteiger partial charge in [-0.15, -0.1) is 0 Å². The second-order valence-electron chi connectivity index (χ2n) is 6.21. The molecule has 1 saturated heterocycles. The van der Waals surface area contributed by atoms with E-state index in [4.69, 9.17) is 4.74 Å². The van der Waals surface area contributed by atoms with Gasteiger partial charge >= 0.3 is 0 Å². The molecule has 2 rings (SSSR count). The number of carbonyl (C=O) groups is 1. The van der Waals surface area contributed by atoms with Crippen molar-refractivity contribution in [3.8, 4) is 0 Å². The highest BCUT2D eigenvalue weighted by Gasteiger charge is 2.38. The lowest BCUT2D eigenvalue weighted by molar-refractivity contribution is 0.0727. The van der Waals surface area contributed by atoms with E-state index in [1.165, 1.54) is 0 Å². The van der Waals surface area contributed by atoms with Gasteiger partial charge in [-0.1, -0.05) is 13.8 Å². The maximum absolute atomic E-state index is 12.6. The number of nitrogens with one attached hydrogen (secondary N) is 2. The summed E-state index contributed by atoms with van der Waals surface area (Å²) in [5, 5.41) is 6.13. The molecule has 5 heteroatoms. The molecule has 1 aliphatic heterocycles. The number of pyridine rings is 1. The summed E-state index contributed by atoms with van der Waals surface area (Å²) in [5.41, 5.74) is 1.24. The Balaban J connectivity index is 2.24. The molecule has 2 unspecified atom stereocenters. The molecule has 0 bridgehead atoms. The van der Waals surface area contributed by atoms with E-state index < -0.39 is 0 Å². The quantitative estimate of drug-likeness (QED) is 0.895. The van der Waals surface area contributed by atoms with Gasteiger partial charge in [-0.05, 0) is 38.3 Å². The molecule has 21 heavy (non-hydrogen) atoms. The average molecular weight is 291 g/mol. The molecule has 2 heterocycles. The van der Waals surface area contributed by atoms with Crippen molar-refractivity contribution in [2.45, 2.75) is 51.7 Å². The van der Waals surface area contributed by atoms with Crippen LogP contribution in [0.25, 0.3) is 0 Å². The number of aromatic nitrogens is 1. The molecule has 1 amide bonds. The highest BCUT2D eigenvalue weighted by molar-refractivity contribution is 5.95. The zero-order chi connectivity index (χ0) is 15.6. The summed E-state index contributed by atoms with van der Waals surface area (Å²) in [6.07, 6.45) is 0.859.